The van der Waals surface area contributed by atoms with E-state index in [-0.39, 0.29) is 23.3 Å². The average molecular weight is 561 g/mol. The number of halogens is 3. The van der Waals surface area contributed by atoms with Crippen LogP contribution in [-0.4, -0.2) is 15.5 Å². The van der Waals surface area contributed by atoms with Crippen LogP contribution in [0, 0.1) is 5.82 Å². The molecule has 5 aromatic rings. The Balaban J connectivity index is 1.47. The van der Waals surface area contributed by atoms with Crippen molar-refractivity contribution in [1.29, 1.82) is 0 Å². The number of carbonyl (C=O) groups excluding carboxylic acids is 1. The van der Waals surface area contributed by atoms with Gasteiger partial charge in [0.25, 0.3) is 11.5 Å². The summed E-state index contributed by atoms with van der Waals surface area (Å²) in [6.45, 7) is 2.30. The molecule has 1 aliphatic rings. The van der Waals surface area contributed by atoms with Gasteiger partial charge in [0.1, 0.15) is 11.3 Å². The molecule has 6 nitrogen and oxygen atoms in total. The van der Waals surface area contributed by atoms with E-state index in [0.29, 0.717) is 27.7 Å². The van der Waals surface area contributed by atoms with Gasteiger partial charge in [0.2, 0.25) is 0 Å². The number of pyridine rings is 1. The van der Waals surface area contributed by atoms with Crippen LogP contribution in [0.5, 0.6) is 0 Å². The third-order valence-corrected chi connectivity index (χ3v) is 7.74. The number of fused-ring (bicyclic) bond motifs is 2. The number of aryl methyl sites for hydroxylation is 1. The van der Waals surface area contributed by atoms with Gasteiger partial charge in [-0.25, -0.2) is 4.39 Å². The molecule has 0 aliphatic carbocycles. The van der Waals surface area contributed by atoms with Gasteiger partial charge in [-0.15, -0.1) is 0 Å². The van der Waals surface area contributed by atoms with E-state index in [1.165, 1.54) is 12.1 Å². The molecular formula is C30H23Cl2FN4O2. The first-order valence-corrected chi connectivity index (χ1v) is 13.1. The Labute approximate surface area is 233 Å². The van der Waals surface area contributed by atoms with Gasteiger partial charge >= 0.3 is 0 Å². The number of benzene rings is 3. The summed E-state index contributed by atoms with van der Waals surface area (Å²) in [4.78, 5) is 31.1. The quantitative estimate of drug-likeness (QED) is 0.246. The van der Waals surface area contributed by atoms with Gasteiger partial charge in [-0.2, -0.15) is 0 Å². The first-order valence-electron chi connectivity index (χ1n) is 12.3. The zero-order valence-electron chi connectivity index (χ0n) is 21.1. The highest BCUT2D eigenvalue weighted by molar-refractivity contribution is 6.35. The van der Waals surface area contributed by atoms with Crippen LogP contribution in [0.25, 0.3) is 22.0 Å². The highest BCUT2D eigenvalue weighted by Gasteiger charge is 2.27. The number of aromatic amines is 1. The summed E-state index contributed by atoms with van der Waals surface area (Å²) in [5, 5.41) is 4.84. The molecule has 1 atom stereocenters. The summed E-state index contributed by atoms with van der Waals surface area (Å²) in [5.41, 5.74) is 5.74. The van der Waals surface area contributed by atoms with Crippen molar-refractivity contribution in [3.63, 3.8) is 0 Å². The highest BCUT2D eigenvalue weighted by Crippen LogP contribution is 2.44. The first-order chi connectivity index (χ1) is 18.7. The third-order valence-electron chi connectivity index (χ3n) is 7.18. The van der Waals surface area contributed by atoms with Crippen molar-refractivity contribution in [2.24, 2.45) is 7.05 Å². The number of nitrogens with zero attached hydrogens (tertiary/aromatic N) is 2. The number of amides is 1. The van der Waals surface area contributed by atoms with Crippen molar-refractivity contribution in [1.82, 2.24) is 14.9 Å². The van der Waals surface area contributed by atoms with Crippen molar-refractivity contribution < 1.29 is 9.18 Å². The minimum absolute atomic E-state index is 0.193. The second-order valence-electron chi connectivity index (χ2n) is 9.68. The molecule has 1 aliphatic heterocycles. The van der Waals surface area contributed by atoms with E-state index in [2.05, 4.69) is 15.2 Å². The molecule has 1 unspecified atom stereocenters. The van der Waals surface area contributed by atoms with E-state index in [4.69, 9.17) is 23.2 Å². The van der Waals surface area contributed by atoms with Crippen molar-refractivity contribution in [3.8, 4) is 11.1 Å². The number of rotatable bonds is 4. The molecule has 0 fully saturated rings. The zero-order valence-corrected chi connectivity index (χ0v) is 22.6. The van der Waals surface area contributed by atoms with Gasteiger partial charge in [0, 0.05) is 62.9 Å². The molecule has 0 bridgehead atoms. The Morgan fingerprint density at radius 3 is 2.56 bits per heavy atom. The summed E-state index contributed by atoms with van der Waals surface area (Å²) in [6.07, 6.45) is 3.63. The summed E-state index contributed by atoms with van der Waals surface area (Å²) < 4.78 is 15.6. The normalized spacial score (nSPS) is 13.2. The number of carbonyl (C=O) groups is 1. The second-order valence-corrected chi connectivity index (χ2v) is 10.5. The Hall–Kier alpha value is -4.07. The Bertz CT molecular complexity index is 1830. The lowest BCUT2D eigenvalue weighted by Crippen LogP contribution is -2.27. The minimum atomic E-state index is -0.362. The van der Waals surface area contributed by atoms with Crippen LogP contribution < -0.4 is 15.8 Å². The predicted molar refractivity (Wildman–Crippen MR) is 154 cm³/mol. The lowest BCUT2D eigenvalue weighted by atomic mass is 9.99. The molecule has 2 N–H and O–H groups in total. The highest BCUT2D eigenvalue weighted by atomic mass is 35.5. The van der Waals surface area contributed by atoms with Crippen LogP contribution in [0.3, 0.4) is 0 Å². The van der Waals surface area contributed by atoms with E-state index in [0.717, 1.165) is 39.0 Å². The van der Waals surface area contributed by atoms with Crippen LogP contribution in [0.15, 0.2) is 77.9 Å². The number of nitrogens with one attached hydrogen (secondary N) is 2. The van der Waals surface area contributed by atoms with Crippen LogP contribution in [0.2, 0.25) is 10.0 Å². The maximum atomic E-state index is 13.8. The molecule has 39 heavy (non-hydrogen) atoms. The summed E-state index contributed by atoms with van der Waals surface area (Å²) in [7, 11) is 1.83. The maximum Gasteiger partial charge on any atom is 0.272 e. The fourth-order valence-electron chi connectivity index (χ4n) is 5.29. The van der Waals surface area contributed by atoms with Crippen LogP contribution >= 0.6 is 23.2 Å². The smallest absolute Gasteiger partial charge is 0.272 e. The Morgan fingerprint density at radius 2 is 1.82 bits per heavy atom. The molecule has 2 aromatic heterocycles. The number of H-pyrrole nitrogens is 1. The molecular weight excluding hydrogens is 538 g/mol. The molecule has 3 aromatic carbocycles. The Kier molecular flexibility index (Phi) is 6.20. The lowest BCUT2D eigenvalue weighted by molar-refractivity contribution is 0.0940. The van der Waals surface area contributed by atoms with Gasteiger partial charge < -0.3 is 19.8 Å². The van der Waals surface area contributed by atoms with Gasteiger partial charge in [-0.1, -0.05) is 29.3 Å². The molecule has 6 rings (SSSR count). The van der Waals surface area contributed by atoms with Crippen molar-refractivity contribution in [2.75, 3.05) is 4.90 Å². The minimum Gasteiger partial charge on any atom is -0.345 e. The number of hydrogen-bond donors (Lipinski definition) is 2. The fraction of sp³-hybridized carbons (Fsp3) is 0.133. The standard InChI is InChI=1S/C30H23Cl2FN4O2/c1-16(22-9-4-19(31)12-25(22)32)35-29(38)17-3-10-26-23(11-17)24-15-36(2)28-27(24)18(13-34-30(28)39)14-37(26)21-7-5-20(33)6-8-21/h3-13,15-16H,14H2,1-2H3,(H,34,39)(H,35,38). The number of hydrogen-bond acceptors (Lipinski definition) is 3. The number of aromatic nitrogens is 2. The molecule has 0 saturated carbocycles. The third kappa shape index (κ3) is 4.37. The van der Waals surface area contributed by atoms with E-state index in [9.17, 15) is 14.0 Å². The molecule has 1 amide bonds. The van der Waals surface area contributed by atoms with Crippen LogP contribution in [0.4, 0.5) is 15.8 Å². The maximum absolute atomic E-state index is 13.8. The first kappa shape index (κ1) is 25.2. The topological polar surface area (TPSA) is 70.1 Å². The predicted octanol–water partition coefficient (Wildman–Crippen LogP) is 7.12. The van der Waals surface area contributed by atoms with Gasteiger partial charge in [-0.05, 0) is 72.6 Å². The van der Waals surface area contributed by atoms with E-state index in [1.807, 2.05) is 36.9 Å². The van der Waals surface area contributed by atoms with E-state index >= 15 is 0 Å². The summed E-state index contributed by atoms with van der Waals surface area (Å²) in [5.74, 6) is -0.599. The lowest BCUT2D eigenvalue weighted by Gasteiger charge is -2.26. The molecule has 3 heterocycles. The molecule has 0 radical (unpaired) electrons. The van der Waals surface area contributed by atoms with E-state index < -0.39 is 0 Å². The zero-order chi connectivity index (χ0) is 27.4. The summed E-state index contributed by atoms with van der Waals surface area (Å²) >= 11 is 12.4. The molecule has 9 heteroatoms. The molecule has 0 spiro atoms. The van der Waals surface area contributed by atoms with Crippen LogP contribution in [0.1, 0.15) is 34.5 Å². The monoisotopic (exact) mass is 560 g/mol. The molecule has 0 saturated heterocycles. The van der Waals surface area contributed by atoms with Crippen LogP contribution in [-0.2, 0) is 13.6 Å². The van der Waals surface area contributed by atoms with Gasteiger partial charge in [-0.3, -0.25) is 9.59 Å². The summed E-state index contributed by atoms with van der Waals surface area (Å²) in [6, 6.07) is 16.6. The van der Waals surface area contributed by atoms with Gasteiger partial charge in [0.05, 0.1) is 12.6 Å². The number of anilines is 2. The fourth-order valence-corrected chi connectivity index (χ4v) is 5.87. The van der Waals surface area contributed by atoms with Crippen molar-refractivity contribution in [3.05, 3.63) is 116 Å². The Morgan fingerprint density at radius 1 is 1.05 bits per heavy atom. The molecule has 196 valence electrons. The largest absolute Gasteiger partial charge is 0.345 e. The van der Waals surface area contributed by atoms with Crippen molar-refractivity contribution >= 4 is 51.4 Å². The SMILES string of the molecule is CC(NC(=O)c1ccc2c(c1)-c1cn(C)c3c(=O)[nH]cc(c13)CN2c1ccc(F)cc1)c1ccc(Cl)cc1Cl. The average Bonchev–Trinajstić information content (AvgIpc) is 3.20. The second kappa shape index (κ2) is 9.59. The van der Waals surface area contributed by atoms with Gasteiger partial charge in [0.15, 0.2) is 0 Å². The van der Waals surface area contributed by atoms with Crippen molar-refractivity contribution in [2.45, 2.75) is 19.5 Å². The van der Waals surface area contributed by atoms with E-state index in [1.54, 1.807) is 42.6 Å².